The monoisotopic (exact) mass is 416 g/mol. The largest absolute Gasteiger partial charge is 0.392 e. The Morgan fingerprint density at radius 2 is 1.57 bits per heavy atom. The summed E-state index contributed by atoms with van der Waals surface area (Å²) in [6.07, 6.45) is -3.29. The number of hydrogen-bond donors (Lipinski definition) is 1. The molecule has 4 rings (SSSR count). The van der Waals surface area contributed by atoms with Gasteiger partial charge < -0.3 is 5.32 Å². The van der Waals surface area contributed by atoms with Crippen molar-refractivity contribution in [3.8, 4) is 0 Å². The Kier molecular flexibility index (Phi) is 5.09. The van der Waals surface area contributed by atoms with Crippen LogP contribution in [0.4, 0.5) is 24.5 Å². The summed E-state index contributed by atoms with van der Waals surface area (Å²) in [6.45, 7) is 0. The number of nitrogens with one attached hydrogen (secondary N) is 1. The average Bonchev–Trinajstić information content (AvgIpc) is 2.98. The fraction of sp³-hybridized carbons (Fsp3) is 0.318. The molecule has 0 spiro atoms. The Balaban J connectivity index is 1.55. The van der Waals surface area contributed by atoms with Crippen molar-refractivity contribution in [3.05, 3.63) is 59.7 Å². The molecule has 156 valence electrons. The summed E-state index contributed by atoms with van der Waals surface area (Å²) in [4.78, 5) is 38.9. The highest BCUT2D eigenvalue weighted by atomic mass is 19.4. The fourth-order valence-electron chi connectivity index (χ4n) is 4.22. The zero-order chi connectivity index (χ0) is 21.5. The van der Waals surface area contributed by atoms with Gasteiger partial charge in [0.25, 0.3) is 11.8 Å². The van der Waals surface area contributed by atoms with Crippen LogP contribution in [0.2, 0.25) is 0 Å². The summed E-state index contributed by atoms with van der Waals surface area (Å²) in [5, 5.41) is 2.54. The minimum atomic E-state index is -4.43. The van der Waals surface area contributed by atoms with Crippen LogP contribution >= 0.6 is 0 Å². The van der Waals surface area contributed by atoms with Crippen molar-refractivity contribution >= 4 is 29.1 Å². The van der Waals surface area contributed by atoms with E-state index < -0.39 is 35.7 Å². The number of amides is 3. The number of benzene rings is 2. The molecular weight excluding hydrogens is 397 g/mol. The molecule has 5 nitrogen and oxygen atoms in total. The predicted molar refractivity (Wildman–Crippen MR) is 104 cm³/mol. The topological polar surface area (TPSA) is 66.5 Å². The predicted octanol–water partition coefficient (Wildman–Crippen LogP) is 4.79. The molecule has 1 aliphatic carbocycles. The van der Waals surface area contributed by atoms with Gasteiger partial charge in [-0.1, -0.05) is 31.0 Å². The van der Waals surface area contributed by atoms with E-state index in [4.69, 9.17) is 0 Å². The summed E-state index contributed by atoms with van der Waals surface area (Å²) in [5.74, 6) is -4.48. The number of hydrogen-bond acceptors (Lipinski definition) is 3. The third-order valence-electron chi connectivity index (χ3n) is 5.69. The summed E-state index contributed by atoms with van der Waals surface area (Å²) in [5.41, 5.74) is 1.05. The van der Waals surface area contributed by atoms with Gasteiger partial charge in [0.05, 0.1) is 22.7 Å². The molecule has 0 bridgehead atoms. The van der Waals surface area contributed by atoms with Crippen LogP contribution in [0, 0.1) is 11.8 Å². The lowest BCUT2D eigenvalue weighted by Gasteiger charge is -2.32. The molecular formula is C22H19F3N2O3. The van der Waals surface area contributed by atoms with E-state index in [1.807, 2.05) is 0 Å². The maximum Gasteiger partial charge on any atom is 0.392 e. The minimum absolute atomic E-state index is 0.0589. The van der Waals surface area contributed by atoms with Crippen LogP contribution < -0.4 is 10.2 Å². The molecule has 30 heavy (non-hydrogen) atoms. The normalized spacial score (nSPS) is 21.5. The van der Waals surface area contributed by atoms with E-state index in [0.717, 1.165) is 4.90 Å². The summed E-state index contributed by atoms with van der Waals surface area (Å²) < 4.78 is 39.9. The van der Waals surface area contributed by atoms with Gasteiger partial charge in [0.15, 0.2) is 0 Å². The van der Waals surface area contributed by atoms with Crippen molar-refractivity contribution < 1.29 is 27.6 Å². The van der Waals surface area contributed by atoms with Crippen molar-refractivity contribution in [1.82, 2.24) is 0 Å². The quantitative estimate of drug-likeness (QED) is 0.732. The van der Waals surface area contributed by atoms with Gasteiger partial charge in [-0.05, 0) is 43.2 Å². The number of alkyl halides is 3. The lowest BCUT2D eigenvalue weighted by Crippen LogP contribution is -2.39. The van der Waals surface area contributed by atoms with E-state index in [2.05, 4.69) is 5.32 Å². The van der Waals surface area contributed by atoms with Crippen molar-refractivity contribution in [2.45, 2.75) is 31.9 Å². The third-order valence-corrected chi connectivity index (χ3v) is 5.69. The van der Waals surface area contributed by atoms with Crippen LogP contribution in [-0.4, -0.2) is 23.9 Å². The SMILES string of the molecule is O=C(Nc1cccc(N2C(=O)c3ccccc3C2=O)c1)C1CCCCC1C(F)(F)F. The van der Waals surface area contributed by atoms with Gasteiger partial charge in [0.2, 0.25) is 5.91 Å². The highest BCUT2D eigenvalue weighted by Crippen LogP contribution is 2.42. The third kappa shape index (κ3) is 3.58. The molecule has 8 heteroatoms. The van der Waals surface area contributed by atoms with Gasteiger partial charge in [-0.25, -0.2) is 4.90 Å². The van der Waals surface area contributed by atoms with Gasteiger partial charge in [-0.2, -0.15) is 13.2 Å². The fourth-order valence-corrected chi connectivity index (χ4v) is 4.22. The Bertz CT molecular complexity index is 984. The highest BCUT2D eigenvalue weighted by molar-refractivity contribution is 6.34. The zero-order valence-corrected chi connectivity index (χ0v) is 15.9. The van der Waals surface area contributed by atoms with E-state index in [0.29, 0.717) is 12.8 Å². The number of imide groups is 1. The van der Waals surface area contributed by atoms with Crippen molar-refractivity contribution in [1.29, 1.82) is 0 Å². The van der Waals surface area contributed by atoms with Gasteiger partial charge in [-0.3, -0.25) is 14.4 Å². The summed E-state index contributed by atoms with van der Waals surface area (Å²) in [6, 6.07) is 12.4. The first-order chi connectivity index (χ1) is 14.3. The van der Waals surface area contributed by atoms with E-state index in [1.54, 1.807) is 24.3 Å². The van der Waals surface area contributed by atoms with E-state index in [-0.39, 0.29) is 35.3 Å². The van der Waals surface area contributed by atoms with Gasteiger partial charge in [-0.15, -0.1) is 0 Å². The molecule has 1 saturated carbocycles. The molecule has 2 aromatic rings. The van der Waals surface area contributed by atoms with E-state index >= 15 is 0 Å². The molecule has 0 saturated heterocycles. The van der Waals surface area contributed by atoms with E-state index in [1.165, 1.54) is 24.3 Å². The van der Waals surface area contributed by atoms with Gasteiger partial charge >= 0.3 is 6.18 Å². The van der Waals surface area contributed by atoms with Crippen LogP contribution in [0.3, 0.4) is 0 Å². The second-order valence-electron chi connectivity index (χ2n) is 7.57. The number of anilines is 2. The second-order valence-corrected chi connectivity index (χ2v) is 7.57. The minimum Gasteiger partial charge on any atom is -0.326 e. The lowest BCUT2D eigenvalue weighted by atomic mass is 9.78. The van der Waals surface area contributed by atoms with Gasteiger partial charge in [0.1, 0.15) is 0 Å². The van der Waals surface area contributed by atoms with Gasteiger partial charge in [0, 0.05) is 11.6 Å². The Morgan fingerprint density at radius 3 is 2.20 bits per heavy atom. The molecule has 1 N–H and O–H groups in total. The number of rotatable bonds is 3. The number of carbonyl (C=O) groups excluding carboxylic acids is 3. The first-order valence-corrected chi connectivity index (χ1v) is 9.73. The molecule has 0 aromatic heterocycles. The average molecular weight is 416 g/mol. The molecule has 1 aliphatic heterocycles. The molecule has 2 aliphatic rings. The van der Waals surface area contributed by atoms with Crippen molar-refractivity contribution in [2.75, 3.05) is 10.2 Å². The number of carbonyl (C=O) groups is 3. The van der Waals surface area contributed by atoms with Crippen LogP contribution in [0.5, 0.6) is 0 Å². The lowest BCUT2D eigenvalue weighted by molar-refractivity contribution is -0.197. The Labute approximate surface area is 170 Å². The Hall–Kier alpha value is -3.16. The van der Waals surface area contributed by atoms with Crippen LogP contribution in [-0.2, 0) is 4.79 Å². The summed E-state index contributed by atoms with van der Waals surface area (Å²) in [7, 11) is 0. The standard InChI is InChI=1S/C22H19F3N2O3/c23-22(24,25)18-11-4-3-10-17(18)19(28)26-13-6-5-7-14(12-13)27-20(29)15-8-1-2-9-16(15)21(27)30/h1-2,5-9,12,17-18H,3-4,10-11H2,(H,26,28). The maximum absolute atomic E-state index is 13.3. The number of halogens is 3. The highest BCUT2D eigenvalue weighted by Gasteiger charge is 2.48. The number of fused-ring (bicyclic) bond motifs is 1. The Morgan fingerprint density at radius 1 is 0.933 bits per heavy atom. The molecule has 3 amide bonds. The molecule has 2 unspecified atom stereocenters. The maximum atomic E-state index is 13.3. The van der Waals surface area contributed by atoms with Crippen LogP contribution in [0.1, 0.15) is 46.4 Å². The number of nitrogens with zero attached hydrogens (tertiary/aromatic N) is 1. The molecule has 1 heterocycles. The second kappa shape index (κ2) is 7.59. The van der Waals surface area contributed by atoms with Crippen molar-refractivity contribution in [2.24, 2.45) is 11.8 Å². The first-order valence-electron chi connectivity index (χ1n) is 9.73. The summed E-state index contributed by atoms with van der Waals surface area (Å²) >= 11 is 0. The molecule has 1 fully saturated rings. The molecule has 2 aromatic carbocycles. The smallest absolute Gasteiger partial charge is 0.326 e. The van der Waals surface area contributed by atoms with Crippen molar-refractivity contribution in [3.63, 3.8) is 0 Å². The van der Waals surface area contributed by atoms with Crippen LogP contribution in [0.25, 0.3) is 0 Å². The molecule has 0 radical (unpaired) electrons. The molecule has 2 atom stereocenters. The first kappa shape index (κ1) is 20.1. The van der Waals surface area contributed by atoms with E-state index in [9.17, 15) is 27.6 Å². The zero-order valence-electron chi connectivity index (χ0n) is 15.9. The van der Waals surface area contributed by atoms with Crippen LogP contribution in [0.15, 0.2) is 48.5 Å².